The number of ether oxygens (including phenoxy) is 1. The average molecular weight is 431 g/mol. The molecule has 0 bridgehead atoms. The monoisotopic (exact) mass is 431 g/mol. The number of hydrogen-bond acceptors (Lipinski definition) is 7. The molecule has 3 N–H and O–H groups in total. The largest absolute Gasteiger partial charge is 0.417 e. The highest BCUT2D eigenvalue weighted by atomic mass is 19.4. The van der Waals surface area contributed by atoms with E-state index in [1.54, 1.807) is 12.3 Å². The van der Waals surface area contributed by atoms with Crippen LogP contribution in [0.25, 0.3) is 17.0 Å². The van der Waals surface area contributed by atoms with Gasteiger partial charge in [-0.05, 0) is 25.1 Å². The molecule has 1 fully saturated rings. The smallest absolute Gasteiger partial charge is 0.404 e. The number of fused-ring (bicyclic) bond motifs is 1. The van der Waals surface area contributed by atoms with Crippen LogP contribution in [0.4, 0.5) is 19.1 Å². The van der Waals surface area contributed by atoms with Gasteiger partial charge in [0.25, 0.3) is 0 Å². The fourth-order valence-electron chi connectivity index (χ4n) is 3.53. The summed E-state index contributed by atoms with van der Waals surface area (Å²) in [5, 5.41) is 7.51. The molecule has 0 radical (unpaired) electrons. The summed E-state index contributed by atoms with van der Waals surface area (Å²) in [7, 11) is 0. The van der Waals surface area contributed by atoms with E-state index in [2.05, 4.69) is 15.0 Å². The van der Waals surface area contributed by atoms with Gasteiger partial charge in [-0.1, -0.05) is 0 Å². The minimum atomic E-state index is -4.46. The molecule has 4 heterocycles. The van der Waals surface area contributed by atoms with Crippen molar-refractivity contribution in [3.63, 3.8) is 0 Å². The van der Waals surface area contributed by atoms with Gasteiger partial charge in [-0.15, -0.1) is 0 Å². The minimum absolute atomic E-state index is 0.161. The van der Waals surface area contributed by atoms with Gasteiger partial charge < -0.3 is 20.8 Å². The van der Waals surface area contributed by atoms with Crippen molar-refractivity contribution in [1.29, 1.82) is 5.41 Å². The van der Waals surface area contributed by atoms with E-state index in [1.165, 1.54) is 22.9 Å². The van der Waals surface area contributed by atoms with Crippen LogP contribution in [0.15, 0.2) is 48.6 Å². The summed E-state index contributed by atoms with van der Waals surface area (Å²) in [6.07, 6.45) is 1.49. The van der Waals surface area contributed by atoms with Crippen molar-refractivity contribution in [2.45, 2.75) is 25.3 Å². The molecule has 0 amide bonds. The number of aromatic nitrogens is 4. The van der Waals surface area contributed by atoms with Gasteiger partial charge in [0.2, 0.25) is 5.95 Å². The lowest BCUT2D eigenvalue weighted by atomic mass is 10.1. The Bertz CT molecular complexity index is 1140. The molecule has 1 aliphatic heterocycles. The molecular formula is C20H20F3N7O. The predicted octanol–water partition coefficient (Wildman–Crippen LogP) is 2.90. The first-order valence-electron chi connectivity index (χ1n) is 9.50. The van der Waals surface area contributed by atoms with Crippen molar-refractivity contribution >= 4 is 17.8 Å². The number of rotatable bonds is 4. The molecule has 2 unspecified atom stereocenters. The average Bonchev–Trinajstić information content (AvgIpc) is 3.17. The zero-order valence-electron chi connectivity index (χ0n) is 16.5. The SMILES string of the molecule is CC1CN(c2nccc(-c3cnc4ccc(C(F)(F)F)cn34)n2)CC(/C(C=N)=C/N)O1. The molecule has 2 atom stereocenters. The molecule has 0 saturated carbocycles. The lowest BCUT2D eigenvalue weighted by Crippen LogP contribution is -2.48. The molecule has 4 rings (SSSR count). The van der Waals surface area contributed by atoms with E-state index in [0.717, 1.165) is 18.5 Å². The van der Waals surface area contributed by atoms with Gasteiger partial charge >= 0.3 is 6.18 Å². The number of halogens is 3. The lowest BCUT2D eigenvalue weighted by molar-refractivity contribution is -0.137. The van der Waals surface area contributed by atoms with Crippen LogP contribution in [0.5, 0.6) is 0 Å². The van der Waals surface area contributed by atoms with Crippen molar-refractivity contribution in [3.05, 3.63) is 54.1 Å². The Morgan fingerprint density at radius 3 is 2.77 bits per heavy atom. The summed E-state index contributed by atoms with van der Waals surface area (Å²) < 4.78 is 46.7. The summed E-state index contributed by atoms with van der Waals surface area (Å²) in [6.45, 7) is 2.79. The highest BCUT2D eigenvalue weighted by molar-refractivity contribution is 5.77. The molecule has 3 aromatic heterocycles. The van der Waals surface area contributed by atoms with Crippen LogP contribution in [0.3, 0.4) is 0 Å². The first kappa shape index (κ1) is 20.8. The first-order chi connectivity index (χ1) is 14.8. The molecule has 162 valence electrons. The fourth-order valence-corrected chi connectivity index (χ4v) is 3.53. The number of hydrogen-bond donors (Lipinski definition) is 2. The van der Waals surface area contributed by atoms with Crippen molar-refractivity contribution in [1.82, 2.24) is 19.4 Å². The molecule has 0 aliphatic carbocycles. The number of pyridine rings is 1. The highest BCUT2D eigenvalue weighted by Gasteiger charge is 2.31. The second kappa shape index (κ2) is 7.99. The van der Waals surface area contributed by atoms with Crippen LogP contribution in [-0.4, -0.2) is 50.9 Å². The van der Waals surface area contributed by atoms with Crippen molar-refractivity contribution in [2.24, 2.45) is 5.73 Å². The maximum atomic E-state index is 13.2. The fraction of sp³-hybridized carbons (Fsp3) is 0.300. The van der Waals surface area contributed by atoms with E-state index in [4.69, 9.17) is 15.9 Å². The van der Waals surface area contributed by atoms with E-state index in [0.29, 0.717) is 41.6 Å². The standard InChI is InChI=1S/C20H20F3N7O/c1-12-9-29(11-17(31-12)13(6-24)7-25)19-26-5-4-15(28-19)16-8-27-18-3-2-14(10-30(16)18)20(21,22)23/h2-8,10,12,17,24H,9,11,25H2,1H3/b13-7+,24-6?. The maximum absolute atomic E-state index is 13.2. The van der Waals surface area contributed by atoms with E-state index in [9.17, 15) is 13.2 Å². The molecule has 1 saturated heterocycles. The molecule has 3 aromatic rings. The topological polar surface area (TPSA) is 105 Å². The Morgan fingerprint density at radius 2 is 2.06 bits per heavy atom. The Hall–Kier alpha value is -3.47. The van der Waals surface area contributed by atoms with E-state index >= 15 is 0 Å². The van der Waals surface area contributed by atoms with E-state index in [1.807, 2.05) is 11.8 Å². The van der Waals surface area contributed by atoms with Gasteiger partial charge in [0.05, 0.1) is 35.8 Å². The number of nitrogens with zero attached hydrogens (tertiary/aromatic N) is 5. The molecule has 0 spiro atoms. The number of imidazole rings is 1. The number of alkyl halides is 3. The highest BCUT2D eigenvalue weighted by Crippen LogP contribution is 2.31. The third-order valence-corrected chi connectivity index (χ3v) is 5.01. The quantitative estimate of drug-likeness (QED) is 0.616. The van der Waals surface area contributed by atoms with Gasteiger partial charge in [-0.25, -0.2) is 15.0 Å². The van der Waals surface area contributed by atoms with Gasteiger partial charge in [0, 0.05) is 36.9 Å². The Morgan fingerprint density at radius 1 is 1.26 bits per heavy atom. The Kier molecular flexibility index (Phi) is 5.36. The van der Waals surface area contributed by atoms with Crippen LogP contribution in [0, 0.1) is 5.41 Å². The molecular weight excluding hydrogens is 411 g/mol. The van der Waals surface area contributed by atoms with Crippen LogP contribution in [0.1, 0.15) is 12.5 Å². The summed E-state index contributed by atoms with van der Waals surface area (Å²) in [4.78, 5) is 15.0. The summed E-state index contributed by atoms with van der Waals surface area (Å²) >= 11 is 0. The zero-order valence-corrected chi connectivity index (χ0v) is 16.5. The summed E-state index contributed by atoms with van der Waals surface area (Å²) in [6, 6.07) is 3.94. The van der Waals surface area contributed by atoms with Crippen LogP contribution in [0.2, 0.25) is 0 Å². The number of morpholine rings is 1. The van der Waals surface area contributed by atoms with Gasteiger partial charge in [-0.2, -0.15) is 13.2 Å². The third kappa shape index (κ3) is 4.08. The van der Waals surface area contributed by atoms with Gasteiger partial charge in [0.15, 0.2) is 0 Å². The minimum Gasteiger partial charge on any atom is -0.404 e. The van der Waals surface area contributed by atoms with Crippen LogP contribution < -0.4 is 10.6 Å². The molecule has 31 heavy (non-hydrogen) atoms. The van der Waals surface area contributed by atoms with Crippen molar-refractivity contribution < 1.29 is 17.9 Å². The summed E-state index contributed by atoms with van der Waals surface area (Å²) in [5.74, 6) is 0.404. The predicted molar refractivity (Wildman–Crippen MR) is 109 cm³/mol. The third-order valence-electron chi connectivity index (χ3n) is 5.01. The van der Waals surface area contributed by atoms with Crippen molar-refractivity contribution in [3.8, 4) is 11.4 Å². The van der Waals surface area contributed by atoms with Gasteiger partial charge in [0.1, 0.15) is 11.8 Å². The molecule has 11 heteroatoms. The van der Waals surface area contributed by atoms with E-state index in [-0.39, 0.29) is 6.10 Å². The van der Waals surface area contributed by atoms with Gasteiger partial charge in [-0.3, -0.25) is 4.40 Å². The lowest BCUT2D eigenvalue weighted by Gasteiger charge is -2.37. The normalized spacial score (nSPS) is 20.3. The Balaban J connectivity index is 1.70. The maximum Gasteiger partial charge on any atom is 0.417 e. The second-order valence-corrected chi connectivity index (χ2v) is 7.18. The zero-order chi connectivity index (χ0) is 22.2. The van der Waals surface area contributed by atoms with Crippen LogP contribution in [-0.2, 0) is 10.9 Å². The van der Waals surface area contributed by atoms with E-state index < -0.39 is 17.8 Å². The summed E-state index contributed by atoms with van der Waals surface area (Å²) in [5.41, 5.74) is 6.60. The molecule has 8 nitrogen and oxygen atoms in total. The number of nitrogens with two attached hydrogens (primary N) is 1. The van der Waals surface area contributed by atoms with Crippen LogP contribution >= 0.6 is 0 Å². The first-order valence-corrected chi connectivity index (χ1v) is 9.50. The second-order valence-electron chi connectivity index (χ2n) is 7.18. The number of nitrogens with one attached hydrogen (secondary N) is 1. The molecule has 1 aliphatic rings. The Labute approximate surface area is 175 Å². The van der Waals surface area contributed by atoms with Crippen molar-refractivity contribution in [2.75, 3.05) is 18.0 Å². The number of anilines is 1. The molecule has 0 aromatic carbocycles.